The van der Waals surface area contributed by atoms with Crippen molar-refractivity contribution >= 4 is 34.1 Å². The van der Waals surface area contributed by atoms with Crippen molar-refractivity contribution in [1.29, 1.82) is 0 Å². The first-order chi connectivity index (χ1) is 10.1. The van der Waals surface area contributed by atoms with Gasteiger partial charge in [0.15, 0.2) is 0 Å². The van der Waals surface area contributed by atoms with E-state index < -0.39 is 0 Å². The zero-order valence-corrected chi connectivity index (χ0v) is 12.5. The topological polar surface area (TPSA) is 72.5 Å². The number of aromatic amines is 1. The van der Waals surface area contributed by atoms with Crippen molar-refractivity contribution < 1.29 is 9.90 Å². The molecule has 112 valence electrons. The normalized spacial score (nSPS) is 19.3. The van der Waals surface area contributed by atoms with Gasteiger partial charge in [0.05, 0.1) is 24.4 Å². The molecule has 1 saturated heterocycles. The SMILES string of the molecule is CC(=O)N1CCN(c2cc(Cl)cc3[nH]ncc23)CC1CO. The van der Waals surface area contributed by atoms with Crippen LogP contribution in [0.1, 0.15) is 6.92 Å². The van der Waals surface area contributed by atoms with E-state index in [0.29, 0.717) is 24.7 Å². The number of hydrogen-bond acceptors (Lipinski definition) is 4. The molecule has 1 atom stereocenters. The first-order valence-corrected chi connectivity index (χ1v) is 7.23. The lowest BCUT2D eigenvalue weighted by Crippen LogP contribution is -2.56. The minimum atomic E-state index is -0.197. The number of aliphatic hydroxyl groups excluding tert-OH is 1. The zero-order chi connectivity index (χ0) is 15.0. The molecule has 0 aliphatic carbocycles. The van der Waals surface area contributed by atoms with E-state index in [4.69, 9.17) is 11.6 Å². The Morgan fingerprint density at radius 1 is 1.52 bits per heavy atom. The molecule has 2 heterocycles. The van der Waals surface area contributed by atoms with E-state index >= 15 is 0 Å². The van der Waals surface area contributed by atoms with Crippen LogP contribution in [0.4, 0.5) is 5.69 Å². The van der Waals surface area contributed by atoms with Gasteiger partial charge < -0.3 is 14.9 Å². The van der Waals surface area contributed by atoms with Crippen LogP contribution in [-0.4, -0.2) is 58.4 Å². The number of carbonyl (C=O) groups excluding carboxylic acids is 1. The number of anilines is 1. The summed E-state index contributed by atoms with van der Waals surface area (Å²) in [6.07, 6.45) is 1.77. The fraction of sp³-hybridized carbons (Fsp3) is 0.429. The van der Waals surface area contributed by atoms with E-state index in [0.717, 1.165) is 16.6 Å². The standard InChI is InChI=1S/C14H17ClN4O2/c1-9(21)19-3-2-18(7-11(19)8-20)14-5-10(15)4-13-12(14)6-16-17-13/h4-6,11,20H,2-3,7-8H2,1H3,(H,16,17). The maximum atomic E-state index is 11.6. The van der Waals surface area contributed by atoms with Crippen LogP contribution in [0.25, 0.3) is 10.9 Å². The van der Waals surface area contributed by atoms with Crippen LogP contribution < -0.4 is 4.90 Å². The molecule has 0 bridgehead atoms. The molecule has 0 spiro atoms. The lowest BCUT2D eigenvalue weighted by Gasteiger charge is -2.41. The van der Waals surface area contributed by atoms with E-state index in [-0.39, 0.29) is 18.6 Å². The third kappa shape index (κ3) is 2.56. The quantitative estimate of drug-likeness (QED) is 0.876. The Bertz CT molecular complexity index is 672. The van der Waals surface area contributed by atoms with Gasteiger partial charge in [-0.2, -0.15) is 5.10 Å². The number of hydrogen-bond donors (Lipinski definition) is 2. The molecule has 1 aromatic heterocycles. The Morgan fingerprint density at radius 2 is 2.33 bits per heavy atom. The lowest BCUT2D eigenvalue weighted by molar-refractivity contribution is -0.132. The van der Waals surface area contributed by atoms with Crippen LogP contribution >= 0.6 is 11.6 Å². The van der Waals surface area contributed by atoms with Gasteiger partial charge in [-0.15, -0.1) is 0 Å². The van der Waals surface area contributed by atoms with Gasteiger partial charge in [-0.3, -0.25) is 9.89 Å². The molecule has 1 fully saturated rings. The van der Waals surface area contributed by atoms with Gasteiger partial charge in [0, 0.05) is 42.7 Å². The number of halogens is 1. The monoisotopic (exact) mass is 308 g/mol. The van der Waals surface area contributed by atoms with E-state index in [9.17, 15) is 9.90 Å². The molecule has 2 aromatic rings. The van der Waals surface area contributed by atoms with Gasteiger partial charge in [0.25, 0.3) is 0 Å². The minimum Gasteiger partial charge on any atom is -0.394 e. The number of piperazine rings is 1. The van der Waals surface area contributed by atoms with Crippen molar-refractivity contribution in [3.63, 3.8) is 0 Å². The summed E-state index contributed by atoms with van der Waals surface area (Å²) in [6, 6.07) is 3.54. The summed E-state index contributed by atoms with van der Waals surface area (Å²) in [5.41, 5.74) is 1.86. The molecule has 21 heavy (non-hydrogen) atoms. The molecule has 1 aromatic carbocycles. The molecule has 0 saturated carbocycles. The summed E-state index contributed by atoms with van der Waals surface area (Å²) in [5, 5.41) is 18.1. The van der Waals surface area contributed by atoms with Crippen molar-refractivity contribution in [3.05, 3.63) is 23.4 Å². The van der Waals surface area contributed by atoms with Gasteiger partial charge in [-0.05, 0) is 12.1 Å². The van der Waals surface area contributed by atoms with Crippen molar-refractivity contribution in [3.8, 4) is 0 Å². The number of amides is 1. The third-order valence-electron chi connectivity index (χ3n) is 3.94. The average molecular weight is 309 g/mol. The Hall–Kier alpha value is -1.79. The Labute approximate surface area is 127 Å². The Morgan fingerprint density at radius 3 is 3.05 bits per heavy atom. The molecule has 1 aliphatic heterocycles. The molecular formula is C14H17ClN4O2. The highest BCUT2D eigenvalue weighted by atomic mass is 35.5. The molecule has 1 aliphatic rings. The van der Waals surface area contributed by atoms with Crippen LogP contribution in [0.2, 0.25) is 5.02 Å². The fourth-order valence-corrected chi connectivity index (χ4v) is 3.12. The molecule has 1 unspecified atom stereocenters. The van der Waals surface area contributed by atoms with Gasteiger partial charge >= 0.3 is 0 Å². The first kappa shape index (κ1) is 14.2. The molecule has 2 N–H and O–H groups in total. The second-order valence-electron chi connectivity index (χ2n) is 5.25. The Balaban J connectivity index is 1.93. The largest absolute Gasteiger partial charge is 0.394 e. The summed E-state index contributed by atoms with van der Waals surface area (Å²) >= 11 is 6.16. The average Bonchev–Trinajstić information content (AvgIpc) is 2.93. The molecule has 7 heteroatoms. The van der Waals surface area contributed by atoms with Crippen LogP contribution in [0.3, 0.4) is 0 Å². The number of H-pyrrole nitrogens is 1. The van der Waals surface area contributed by atoms with E-state index in [1.165, 1.54) is 6.92 Å². The zero-order valence-electron chi connectivity index (χ0n) is 11.7. The number of aliphatic hydroxyl groups is 1. The fourth-order valence-electron chi connectivity index (χ4n) is 2.90. The van der Waals surface area contributed by atoms with Crippen molar-refractivity contribution in [1.82, 2.24) is 15.1 Å². The van der Waals surface area contributed by atoms with Gasteiger partial charge in [0.1, 0.15) is 0 Å². The predicted molar refractivity (Wildman–Crippen MR) is 81.6 cm³/mol. The van der Waals surface area contributed by atoms with Crippen LogP contribution in [-0.2, 0) is 4.79 Å². The maximum Gasteiger partial charge on any atom is 0.219 e. The number of fused-ring (bicyclic) bond motifs is 1. The predicted octanol–water partition coefficient (Wildman–Crippen LogP) is 1.25. The van der Waals surface area contributed by atoms with Crippen molar-refractivity contribution in [2.45, 2.75) is 13.0 Å². The highest BCUT2D eigenvalue weighted by Gasteiger charge is 2.29. The maximum absolute atomic E-state index is 11.6. The highest BCUT2D eigenvalue weighted by molar-refractivity contribution is 6.31. The van der Waals surface area contributed by atoms with Crippen LogP contribution in [0.5, 0.6) is 0 Å². The highest BCUT2D eigenvalue weighted by Crippen LogP contribution is 2.31. The summed E-state index contributed by atoms with van der Waals surface area (Å²) in [4.78, 5) is 15.5. The first-order valence-electron chi connectivity index (χ1n) is 6.86. The number of benzene rings is 1. The number of nitrogens with zero attached hydrogens (tertiary/aromatic N) is 3. The molecule has 0 radical (unpaired) electrons. The molecule has 1 amide bonds. The van der Waals surface area contributed by atoms with Crippen LogP contribution in [0, 0.1) is 0 Å². The van der Waals surface area contributed by atoms with Crippen molar-refractivity contribution in [2.24, 2.45) is 0 Å². The minimum absolute atomic E-state index is 0.00625. The van der Waals surface area contributed by atoms with E-state index in [1.807, 2.05) is 12.1 Å². The number of carbonyl (C=O) groups is 1. The van der Waals surface area contributed by atoms with Gasteiger partial charge in [-0.1, -0.05) is 11.6 Å². The summed E-state index contributed by atoms with van der Waals surface area (Å²) < 4.78 is 0. The number of aromatic nitrogens is 2. The Kier molecular flexibility index (Phi) is 3.73. The van der Waals surface area contributed by atoms with Gasteiger partial charge in [-0.25, -0.2) is 0 Å². The number of rotatable bonds is 2. The summed E-state index contributed by atoms with van der Waals surface area (Å²) in [6.45, 7) is 3.36. The molecular weight excluding hydrogens is 292 g/mol. The third-order valence-corrected chi connectivity index (χ3v) is 4.16. The molecule has 3 rings (SSSR count). The van der Waals surface area contributed by atoms with Crippen molar-refractivity contribution in [2.75, 3.05) is 31.1 Å². The second-order valence-corrected chi connectivity index (χ2v) is 5.69. The summed E-state index contributed by atoms with van der Waals surface area (Å²) in [5.74, 6) is -0.00625. The van der Waals surface area contributed by atoms with Gasteiger partial charge in [0.2, 0.25) is 5.91 Å². The van der Waals surface area contributed by atoms with Crippen LogP contribution in [0.15, 0.2) is 18.3 Å². The molecule has 6 nitrogen and oxygen atoms in total. The second kappa shape index (κ2) is 5.54. The lowest BCUT2D eigenvalue weighted by atomic mass is 10.1. The van der Waals surface area contributed by atoms with E-state index in [1.54, 1.807) is 11.1 Å². The smallest absolute Gasteiger partial charge is 0.219 e. The summed E-state index contributed by atoms with van der Waals surface area (Å²) in [7, 11) is 0. The number of nitrogens with one attached hydrogen (secondary N) is 1. The van der Waals surface area contributed by atoms with E-state index in [2.05, 4.69) is 15.1 Å².